The van der Waals surface area contributed by atoms with Gasteiger partial charge in [-0.1, -0.05) is 13.0 Å². The number of hydrogen-bond donors (Lipinski definition) is 1. The van der Waals surface area contributed by atoms with Gasteiger partial charge in [-0.15, -0.1) is 0 Å². The molecule has 15 heavy (non-hydrogen) atoms. The Balaban J connectivity index is 2.95. The van der Waals surface area contributed by atoms with Gasteiger partial charge in [0.1, 0.15) is 0 Å². The van der Waals surface area contributed by atoms with Crippen LogP contribution in [-0.2, 0) is 0 Å². The zero-order valence-corrected chi connectivity index (χ0v) is 10.2. The molecule has 0 atom stereocenters. The molecule has 0 unspecified atom stereocenters. The zero-order valence-electron chi connectivity index (χ0n) is 10.2. The van der Waals surface area contributed by atoms with Gasteiger partial charge in [0.2, 0.25) is 0 Å². The van der Waals surface area contributed by atoms with Gasteiger partial charge < -0.3 is 10.6 Å². The Morgan fingerprint density at radius 2 is 2.00 bits per heavy atom. The van der Waals surface area contributed by atoms with E-state index in [1.807, 2.05) is 6.92 Å². The van der Waals surface area contributed by atoms with E-state index in [0.717, 1.165) is 24.2 Å². The Morgan fingerprint density at radius 1 is 1.33 bits per heavy atom. The maximum atomic E-state index is 5.93. The topological polar surface area (TPSA) is 29.3 Å². The molecule has 0 aliphatic carbocycles. The Labute approximate surface area is 93.1 Å². The summed E-state index contributed by atoms with van der Waals surface area (Å²) in [5, 5.41) is 0. The number of hydrogen-bond acceptors (Lipinski definition) is 2. The summed E-state index contributed by atoms with van der Waals surface area (Å²) in [6.07, 6.45) is 1.16. The van der Waals surface area contributed by atoms with Crippen LogP contribution in [0.3, 0.4) is 0 Å². The van der Waals surface area contributed by atoms with Gasteiger partial charge >= 0.3 is 0 Å². The van der Waals surface area contributed by atoms with Crippen LogP contribution in [0.2, 0.25) is 0 Å². The maximum Gasteiger partial charge on any atom is 0.0389 e. The quantitative estimate of drug-likeness (QED) is 0.766. The summed E-state index contributed by atoms with van der Waals surface area (Å²) in [7, 11) is 0. The van der Waals surface area contributed by atoms with Crippen molar-refractivity contribution in [3.63, 3.8) is 0 Å². The summed E-state index contributed by atoms with van der Waals surface area (Å²) in [6, 6.07) is 6.84. The van der Waals surface area contributed by atoms with E-state index in [0.29, 0.717) is 6.04 Å². The van der Waals surface area contributed by atoms with Crippen LogP contribution in [0.25, 0.3) is 0 Å². The molecule has 0 radical (unpaired) electrons. The van der Waals surface area contributed by atoms with E-state index in [2.05, 4.69) is 43.9 Å². The molecule has 0 amide bonds. The molecule has 0 saturated carbocycles. The van der Waals surface area contributed by atoms with Crippen molar-refractivity contribution in [2.24, 2.45) is 0 Å². The second-order valence-electron chi connectivity index (χ2n) is 4.33. The molecule has 2 heteroatoms. The first-order valence-corrected chi connectivity index (χ1v) is 5.69. The average molecular weight is 206 g/mol. The summed E-state index contributed by atoms with van der Waals surface area (Å²) < 4.78 is 0. The highest BCUT2D eigenvalue weighted by Crippen LogP contribution is 2.22. The molecule has 0 heterocycles. The van der Waals surface area contributed by atoms with Gasteiger partial charge in [-0.3, -0.25) is 0 Å². The number of benzene rings is 1. The molecule has 0 aromatic heterocycles. The van der Waals surface area contributed by atoms with E-state index in [9.17, 15) is 0 Å². The van der Waals surface area contributed by atoms with E-state index >= 15 is 0 Å². The Bertz CT molecular complexity index is 318. The molecule has 0 bridgehead atoms. The maximum absolute atomic E-state index is 5.93. The van der Waals surface area contributed by atoms with Crippen LogP contribution in [0.1, 0.15) is 32.8 Å². The third kappa shape index (κ3) is 2.88. The number of nitrogen functional groups attached to an aromatic ring is 1. The fraction of sp³-hybridized carbons (Fsp3) is 0.538. The third-order valence-electron chi connectivity index (χ3n) is 2.68. The van der Waals surface area contributed by atoms with E-state index in [1.54, 1.807) is 0 Å². The van der Waals surface area contributed by atoms with Gasteiger partial charge in [0.05, 0.1) is 0 Å². The minimum absolute atomic E-state index is 0.520. The van der Waals surface area contributed by atoms with Crippen molar-refractivity contribution < 1.29 is 0 Å². The van der Waals surface area contributed by atoms with E-state index in [1.165, 1.54) is 5.69 Å². The van der Waals surface area contributed by atoms with Gasteiger partial charge in [0.15, 0.2) is 0 Å². The number of rotatable bonds is 4. The zero-order chi connectivity index (χ0) is 11.4. The van der Waals surface area contributed by atoms with Crippen LogP contribution in [0.5, 0.6) is 0 Å². The lowest BCUT2D eigenvalue weighted by Crippen LogP contribution is -2.31. The molecule has 1 aromatic rings. The fourth-order valence-electron chi connectivity index (χ4n) is 1.73. The first-order valence-electron chi connectivity index (χ1n) is 5.69. The second-order valence-corrected chi connectivity index (χ2v) is 4.33. The second kappa shape index (κ2) is 5.06. The molecule has 2 N–H and O–H groups in total. The molecule has 0 aliphatic heterocycles. The highest BCUT2D eigenvalue weighted by atomic mass is 15.1. The summed E-state index contributed by atoms with van der Waals surface area (Å²) in [5.74, 6) is 0. The van der Waals surface area contributed by atoms with Gasteiger partial charge in [0.25, 0.3) is 0 Å². The largest absolute Gasteiger partial charge is 0.398 e. The molecule has 0 spiro atoms. The smallest absolute Gasteiger partial charge is 0.0389 e. The van der Waals surface area contributed by atoms with Gasteiger partial charge in [-0.2, -0.15) is 0 Å². The molecule has 1 aromatic carbocycles. The standard InChI is InChI=1S/C13H22N2/c1-5-8-15(10(2)3)12-7-6-11(4)13(14)9-12/h6-7,9-10H,5,8,14H2,1-4H3. The van der Waals surface area contributed by atoms with Gasteiger partial charge in [-0.05, 0) is 44.9 Å². The number of nitrogens with two attached hydrogens (primary N) is 1. The van der Waals surface area contributed by atoms with Crippen molar-refractivity contribution in [3.05, 3.63) is 23.8 Å². The molecular weight excluding hydrogens is 184 g/mol. The SMILES string of the molecule is CCCN(c1ccc(C)c(N)c1)C(C)C. The molecule has 0 saturated heterocycles. The highest BCUT2D eigenvalue weighted by Gasteiger charge is 2.09. The van der Waals surface area contributed by atoms with Crippen molar-refractivity contribution in [1.82, 2.24) is 0 Å². The van der Waals surface area contributed by atoms with Crippen LogP contribution in [0.4, 0.5) is 11.4 Å². The molecule has 0 fully saturated rings. The van der Waals surface area contributed by atoms with E-state index < -0.39 is 0 Å². The predicted octanol–water partition coefficient (Wildman–Crippen LogP) is 3.20. The number of aryl methyl sites for hydroxylation is 1. The number of anilines is 2. The van der Waals surface area contributed by atoms with Crippen molar-refractivity contribution in [2.45, 2.75) is 40.2 Å². The van der Waals surface area contributed by atoms with Gasteiger partial charge in [-0.25, -0.2) is 0 Å². The predicted molar refractivity (Wildman–Crippen MR) is 68.4 cm³/mol. The molecular formula is C13H22N2. The van der Waals surface area contributed by atoms with Crippen LogP contribution in [-0.4, -0.2) is 12.6 Å². The average Bonchev–Trinajstić information content (AvgIpc) is 2.18. The van der Waals surface area contributed by atoms with Gasteiger partial charge in [0, 0.05) is 24.0 Å². The van der Waals surface area contributed by atoms with E-state index in [4.69, 9.17) is 5.73 Å². The molecule has 84 valence electrons. The summed E-state index contributed by atoms with van der Waals surface area (Å²) in [6.45, 7) is 9.75. The normalized spacial score (nSPS) is 10.7. The van der Waals surface area contributed by atoms with Crippen LogP contribution >= 0.6 is 0 Å². The first-order chi connectivity index (χ1) is 7.06. The van der Waals surface area contributed by atoms with Crippen LogP contribution in [0, 0.1) is 6.92 Å². The van der Waals surface area contributed by atoms with Crippen molar-refractivity contribution in [1.29, 1.82) is 0 Å². The van der Waals surface area contributed by atoms with E-state index in [-0.39, 0.29) is 0 Å². The summed E-state index contributed by atoms with van der Waals surface area (Å²) in [5.41, 5.74) is 9.19. The van der Waals surface area contributed by atoms with Crippen LogP contribution < -0.4 is 10.6 Å². The lowest BCUT2D eigenvalue weighted by atomic mass is 10.1. The molecule has 0 aliphatic rings. The third-order valence-corrected chi connectivity index (χ3v) is 2.68. The lowest BCUT2D eigenvalue weighted by molar-refractivity contribution is 0.671. The van der Waals surface area contributed by atoms with Crippen LogP contribution in [0.15, 0.2) is 18.2 Å². The lowest BCUT2D eigenvalue weighted by Gasteiger charge is -2.29. The highest BCUT2D eigenvalue weighted by molar-refractivity contribution is 5.60. The Kier molecular flexibility index (Phi) is 4.01. The molecule has 2 nitrogen and oxygen atoms in total. The first kappa shape index (κ1) is 11.9. The van der Waals surface area contributed by atoms with Crippen molar-refractivity contribution >= 4 is 11.4 Å². The summed E-state index contributed by atoms with van der Waals surface area (Å²) >= 11 is 0. The van der Waals surface area contributed by atoms with Crippen molar-refractivity contribution in [3.8, 4) is 0 Å². The summed E-state index contributed by atoms with van der Waals surface area (Å²) in [4.78, 5) is 2.38. The monoisotopic (exact) mass is 206 g/mol. The Morgan fingerprint density at radius 3 is 2.47 bits per heavy atom. The minimum atomic E-state index is 0.520. The minimum Gasteiger partial charge on any atom is -0.398 e. The van der Waals surface area contributed by atoms with Crippen molar-refractivity contribution in [2.75, 3.05) is 17.2 Å². The number of nitrogens with zero attached hydrogens (tertiary/aromatic N) is 1. The molecule has 1 rings (SSSR count). The fourth-order valence-corrected chi connectivity index (χ4v) is 1.73. The Hall–Kier alpha value is -1.18.